The first-order valence-electron chi connectivity index (χ1n) is 5.74. The van der Waals surface area contributed by atoms with Gasteiger partial charge in [0.1, 0.15) is 0 Å². The topological polar surface area (TPSA) is 125 Å². The molecule has 0 aliphatic rings. The van der Waals surface area contributed by atoms with Crippen LogP contribution in [-0.4, -0.2) is 42.1 Å². The molecular formula is C11H16BN3O4. The molecule has 1 rings (SSSR count). The van der Waals surface area contributed by atoms with Gasteiger partial charge in [-0.1, -0.05) is 0 Å². The number of carbonyl (C=O) groups is 2. The fourth-order valence-electron chi connectivity index (χ4n) is 1.52. The van der Waals surface area contributed by atoms with E-state index in [2.05, 4.69) is 10.5 Å². The van der Waals surface area contributed by atoms with Gasteiger partial charge >= 0.3 is 13.0 Å². The van der Waals surface area contributed by atoms with E-state index in [1.807, 2.05) is 0 Å². The Morgan fingerprint density at radius 1 is 1.37 bits per heavy atom. The number of benzene rings is 1. The van der Waals surface area contributed by atoms with Crippen LogP contribution in [0.1, 0.15) is 20.7 Å². The highest BCUT2D eigenvalue weighted by molar-refractivity contribution is 6.45. The average Bonchev–Trinajstić information content (AvgIpc) is 2.33. The molecule has 0 bridgehead atoms. The Kier molecular flexibility index (Phi) is 5.34. The van der Waals surface area contributed by atoms with Crippen LogP contribution in [0.15, 0.2) is 18.2 Å². The van der Waals surface area contributed by atoms with Crippen molar-refractivity contribution in [1.29, 1.82) is 0 Å². The zero-order valence-electron chi connectivity index (χ0n) is 10.5. The number of carboxylic acid groups (broad SMARTS) is 1. The second-order valence-corrected chi connectivity index (χ2v) is 3.99. The molecule has 102 valence electrons. The van der Waals surface area contributed by atoms with Crippen molar-refractivity contribution >= 4 is 24.6 Å². The number of rotatable bonds is 7. The SMILES string of the molecule is CB(O)NCCNc1cc(C(=O)O)ccc1C(N)=O. The number of hydrogen-bond acceptors (Lipinski definition) is 5. The van der Waals surface area contributed by atoms with Gasteiger partial charge < -0.3 is 26.4 Å². The highest BCUT2D eigenvalue weighted by Gasteiger charge is 2.12. The minimum Gasteiger partial charge on any atom is -0.478 e. The summed E-state index contributed by atoms with van der Waals surface area (Å²) in [6.07, 6.45) is 0. The molecule has 8 heteroatoms. The summed E-state index contributed by atoms with van der Waals surface area (Å²) in [6.45, 7) is 2.45. The molecule has 1 aromatic rings. The van der Waals surface area contributed by atoms with E-state index in [4.69, 9.17) is 15.9 Å². The summed E-state index contributed by atoms with van der Waals surface area (Å²) >= 11 is 0. The second kappa shape index (κ2) is 6.76. The van der Waals surface area contributed by atoms with Crippen LogP contribution in [0.3, 0.4) is 0 Å². The van der Waals surface area contributed by atoms with Gasteiger partial charge in [0.05, 0.1) is 11.1 Å². The maximum atomic E-state index is 11.2. The van der Waals surface area contributed by atoms with Gasteiger partial charge in [-0.05, 0) is 25.0 Å². The molecule has 0 atom stereocenters. The largest absolute Gasteiger partial charge is 0.478 e. The summed E-state index contributed by atoms with van der Waals surface area (Å²) in [7, 11) is -0.636. The molecule has 0 spiro atoms. The first-order chi connectivity index (χ1) is 8.91. The third kappa shape index (κ3) is 4.61. The number of nitrogens with two attached hydrogens (primary N) is 1. The number of carboxylic acids is 1. The second-order valence-electron chi connectivity index (χ2n) is 3.99. The third-order valence-electron chi connectivity index (χ3n) is 2.41. The molecule has 6 N–H and O–H groups in total. The van der Waals surface area contributed by atoms with Crippen LogP contribution in [-0.2, 0) is 0 Å². The molecule has 0 fully saturated rings. The quantitative estimate of drug-likeness (QED) is 0.337. The van der Waals surface area contributed by atoms with Gasteiger partial charge in [-0.2, -0.15) is 0 Å². The van der Waals surface area contributed by atoms with Crippen LogP contribution >= 0.6 is 0 Å². The highest BCUT2D eigenvalue weighted by Crippen LogP contribution is 2.17. The van der Waals surface area contributed by atoms with Crippen molar-refractivity contribution < 1.29 is 19.7 Å². The molecule has 0 aliphatic heterocycles. The molecule has 0 unspecified atom stereocenters. The Bertz CT molecular complexity index is 479. The van der Waals surface area contributed by atoms with Crippen molar-refractivity contribution in [3.63, 3.8) is 0 Å². The Morgan fingerprint density at radius 3 is 2.58 bits per heavy atom. The molecule has 0 heterocycles. The zero-order chi connectivity index (χ0) is 14.4. The van der Waals surface area contributed by atoms with E-state index in [-0.39, 0.29) is 11.1 Å². The number of aromatic carboxylic acids is 1. The molecule has 0 aliphatic carbocycles. The molecular weight excluding hydrogens is 249 g/mol. The van der Waals surface area contributed by atoms with Crippen molar-refractivity contribution in [1.82, 2.24) is 5.23 Å². The number of carbonyl (C=O) groups excluding carboxylic acids is 1. The predicted octanol–water partition coefficient (Wildman–Crippen LogP) is -0.405. The van der Waals surface area contributed by atoms with Crippen LogP contribution in [0.4, 0.5) is 5.69 Å². The molecule has 1 aromatic carbocycles. The molecule has 0 radical (unpaired) electrons. The van der Waals surface area contributed by atoms with E-state index in [0.29, 0.717) is 18.8 Å². The number of anilines is 1. The van der Waals surface area contributed by atoms with E-state index in [0.717, 1.165) is 0 Å². The van der Waals surface area contributed by atoms with Crippen molar-refractivity contribution in [2.24, 2.45) is 5.73 Å². The maximum absolute atomic E-state index is 11.2. The van der Waals surface area contributed by atoms with Gasteiger partial charge in [0.25, 0.3) is 5.91 Å². The summed E-state index contributed by atoms with van der Waals surface area (Å²) in [5, 5.41) is 23.6. The summed E-state index contributed by atoms with van der Waals surface area (Å²) in [5.74, 6) is -1.72. The van der Waals surface area contributed by atoms with Crippen molar-refractivity contribution in [3.8, 4) is 0 Å². The van der Waals surface area contributed by atoms with Crippen LogP contribution in [0.25, 0.3) is 0 Å². The lowest BCUT2D eigenvalue weighted by molar-refractivity contribution is 0.0696. The molecule has 0 saturated heterocycles. The van der Waals surface area contributed by atoms with Crippen LogP contribution in [0.2, 0.25) is 6.82 Å². The highest BCUT2D eigenvalue weighted by atomic mass is 16.4. The zero-order valence-corrected chi connectivity index (χ0v) is 10.5. The minimum atomic E-state index is -1.08. The van der Waals surface area contributed by atoms with Gasteiger partial charge in [0, 0.05) is 18.8 Å². The molecule has 1 amide bonds. The first-order valence-corrected chi connectivity index (χ1v) is 5.74. The summed E-state index contributed by atoms with van der Waals surface area (Å²) in [4.78, 5) is 22.1. The molecule has 7 nitrogen and oxygen atoms in total. The lowest BCUT2D eigenvalue weighted by atomic mass is 9.89. The van der Waals surface area contributed by atoms with E-state index >= 15 is 0 Å². The number of primary amides is 1. The molecule has 0 saturated carbocycles. The summed E-state index contributed by atoms with van der Waals surface area (Å²) < 4.78 is 0. The lowest BCUT2D eigenvalue weighted by Gasteiger charge is -2.11. The average molecular weight is 265 g/mol. The maximum Gasteiger partial charge on any atom is 0.373 e. The summed E-state index contributed by atoms with van der Waals surface area (Å²) in [6, 6.07) is 4.04. The van der Waals surface area contributed by atoms with E-state index in [9.17, 15) is 9.59 Å². The van der Waals surface area contributed by atoms with Crippen LogP contribution in [0.5, 0.6) is 0 Å². The monoisotopic (exact) mass is 265 g/mol. The van der Waals surface area contributed by atoms with Crippen molar-refractivity contribution in [2.75, 3.05) is 18.4 Å². The van der Waals surface area contributed by atoms with E-state index < -0.39 is 18.9 Å². The fraction of sp³-hybridized carbons (Fsp3) is 0.273. The van der Waals surface area contributed by atoms with Gasteiger partial charge in [0.15, 0.2) is 0 Å². The number of nitrogens with one attached hydrogen (secondary N) is 2. The third-order valence-corrected chi connectivity index (χ3v) is 2.41. The Balaban J connectivity index is 2.80. The fourth-order valence-corrected chi connectivity index (χ4v) is 1.52. The number of hydrogen-bond donors (Lipinski definition) is 5. The van der Waals surface area contributed by atoms with E-state index in [1.165, 1.54) is 18.2 Å². The van der Waals surface area contributed by atoms with Gasteiger partial charge in [-0.3, -0.25) is 4.79 Å². The smallest absolute Gasteiger partial charge is 0.373 e. The van der Waals surface area contributed by atoms with Crippen molar-refractivity contribution in [2.45, 2.75) is 6.82 Å². The van der Waals surface area contributed by atoms with Gasteiger partial charge in [0.2, 0.25) is 0 Å². The normalized spacial score (nSPS) is 10.0. The Labute approximate surface area is 110 Å². The van der Waals surface area contributed by atoms with Crippen LogP contribution < -0.4 is 16.3 Å². The van der Waals surface area contributed by atoms with Crippen molar-refractivity contribution in [3.05, 3.63) is 29.3 Å². The number of amides is 1. The van der Waals surface area contributed by atoms with Gasteiger partial charge in [-0.25, -0.2) is 4.79 Å². The Hall–Kier alpha value is -2.06. The van der Waals surface area contributed by atoms with Gasteiger partial charge in [-0.15, -0.1) is 0 Å². The minimum absolute atomic E-state index is 0.0657. The summed E-state index contributed by atoms with van der Waals surface area (Å²) in [5.41, 5.74) is 5.86. The van der Waals surface area contributed by atoms with Crippen LogP contribution in [0, 0.1) is 0 Å². The Morgan fingerprint density at radius 2 is 2.05 bits per heavy atom. The molecule has 0 aromatic heterocycles. The molecule has 19 heavy (non-hydrogen) atoms. The van der Waals surface area contributed by atoms with E-state index in [1.54, 1.807) is 6.82 Å². The first kappa shape index (κ1) is 15.0. The standard InChI is InChI=1S/C11H16BN3O4/c1-12(19)15-5-4-14-9-6-7(11(17)18)2-3-8(9)10(13)16/h2-3,6,14-15,19H,4-5H2,1H3,(H2,13,16)(H,17,18). The lowest BCUT2D eigenvalue weighted by Crippen LogP contribution is -2.34. The predicted molar refractivity (Wildman–Crippen MR) is 72.2 cm³/mol.